The average Bonchev–Trinajstić information content (AvgIpc) is 2.21. The van der Waals surface area contributed by atoms with Gasteiger partial charge in [-0.25, -0.2) is 0 Å². The molecule has 0 aliphatic rings. The molecule has 3 heteroatoms. The van der Waals surface area contributed by atoms with Crippen LogP contribution in [0.5, 0.6) is 0 Å². The molecule has 1 aromatic rings. The van der Waals surface area contributed by atoms with Crippen LogP contribution in [0.15, 0.2) is 18.2 Å². The van der Waals surface area contributed by atoms with Gasteiger partial charge in [-0.2, -0.15) is 0 Å². The maximum Gasteiger partial charge on any atom is 0.252 e. The molecule has 0 saturated heterocycles. The van der Waals surface area contributed by atoms with Gasteiger partial charge in [-0.3, -0.25) is 4.79 Å². The van der Waals surface area contributed by atoms with E-state index in [0.717, 1.165) is 18.4 Å². The number of amides is 1. The molecule has 3 N–H and O–H groups in total. The van der Waals surface area contributed by atoms with Crippen LogP contribution >= 0.6 is 0 Å². The van der Waals surface area contributed by atoms with E-state index in [2.05, 4.69) is 12.2 Å². The second-order valence-electron chi connectivity index (χ2n) is 5.11. The van der Waals surface area contributed by atoms with E-state index in [4.69, 9.17) is 5.73 Å². The van der Waals surface area contributed by atoms with Gasteiger partial charge < -0.3 is 11.1 Å². The highest BCUT2D eigenvalue weighted by Gasteiger charge is 2.21. The first-order chi connectivity index (χ1) is 7.87. The van der Waals surface area contributed by atoms with Crippen LogP contribution in [0, 0.1) is 6.92 Å². The number of hydrogen-bond acceptors (Lipinski definition) is 2. The van der Waals surface area contributed by atoms with Crippen LogP contribution in [0.25, 0.3) is 0 Å². The molecular weight excluding hydrogens is 212 g/mol. The molecule has 0 aliphatic heterocycles. The minimum atomic E-state index is -0.178. The number of nitrogens with two attached hydrogens (primary N) is 1. The maximum absolute atomic E-state index is 12.1. The highest BCUT2D eigenvalue weighted by Crippen LogP contribution is 2.17. The molecule has 1 rings (SSSR count). The lowest BCUT2D eigenvalue weighted by Crippen LogP contribution is -2.43. The molecule has 0 saturated carbocycles. The Morgan fingerprint density at radius 3 is 2.65 bits per heavy atom. The first kappa shape index (κ1) is 13.6. The average molecular weight is 234 g/mol. The van der Waals surface area contributed by atoms with Crippen molar-refractivity contribution in [1.82, 2.24) is 5.32 Å². The summed E-state index contributed by atoms with van der Waals surface area (Å²) in [6.45, 7) is 8.06. The van der Waals surface area contributed by atoms with Gasteiger partial charge in [0.25, 0.3) is 5.91 Å². The van der Waals surface area contributed by atoms with Crippen molar-refractivity contribution in [2.24, 2.45) is 0 Å². The van der Waals surface area contributed by atoms with Crippen molar-refractivity contribution < 1.29 is 4.79 Å². The summed E-state index contributed by atoms with van der Waals surface area (Å²) in [5, 5.41) is 3.05. The van der Waals surface area contributed by atoms with Gasteiger partial charge in [0.15, 0.2) is 0 Å². The highest BCUT2D eigenvalue weighted by molar-refractivity contribution is 5.97. The minimum absolute atomic E-state index is 0.0479. The standard InChI is InChI=1S/C14H22N2O/c1-5-9-14(3,4)16-13(17)11-7-6-8-12(15)10(11)2/h6-8H,5,9,15H2,1-4H3,(H,16,17). The summed E-state index contributed by atoms with van der Waals surface area (Å²) in [5.41, 5.74) is 7.79. The fourth-order valence-corrected chi connectivity index (χ4v) is 1.96. The molecule has 0 aromatic heterocycles. The Kier molecular flexibility index (Phi) is 4.16. The summed E-state index contributed by atoms with van der Waals surface area (Å²) >= 11 is 0. The van der Waals surface area contributed by atoms with Crippen molar-refractivity contribution in [3.05, 3.63) is 29.3 Å². The molecule has 0 unspecified atom stereocenters. The zero-order valence-corrected chi connectivity index (χ0v) is 11.1. The second-order valence-corrected chi connectivity index (χ2v) is 5.11. The van der Waals surface area contributed by atoms with E-state index in [1.807, 2.05) is 39.0 Å². The number of anilines is 1. The van der Waals surface area contributed by atoms with Crippen molar-refractivity contribution in [3.8, 4) is 0 Å². The molecule has 0 atom stereocenters. The summed E-state index contributed by atoms with van der Waals surface area (Å²) < 4.78 is 0. The van der Waals surface area contributed by atoms with Crippen molar-refractivity contribution in [2.45, 2.75) is 46.1 Å². The van der Waals surface area contributed by atoms with E-state index in [1.165, 1.54) is 0 Å². The Hall–Kier alpha value is -1.51. The Morgan fingerprint density at radius 1 is 1.41 bits per heavy atom. The Labute approximate surface area is 103 Å². The van der Waals surface area contributed by atoms with Crippen molar-refractivity contribution in [3.63, 3.8) is 0 Å². The van der Waals surface area contributed by atoms with E-state index in [0.29, 0.717) is 11.3 Å². The summed E-state index contributed by atoms with van der Waals surface area (Å²) in [6.07, 6.45) is 2.00. The van der Waals surface area contributed by atoms with E-state index < -0.39 is 0 Å². The van der Waals surface area contributed by atoms with Crippen molar-refractivity contribution in [1.29, 1.82) is 0 Å². The first-order valence-electron chi connectivity index (χ1n) is 6.05. The quantitative estimate of drug-likeness (QED) is 0.787. The molecule has 0 bridgehead atoms. The van der Waals surface area contributed by atoms with Gasteiger partial charge in [0.1, 0.15) is 0 Å². The number of nitrogen functional groups attached to an aromatic ring is 1. The smallest absolute Gasteiger partial charge is 0.252 e. The SMILES string of the molecule is CCCC(C)(C)NC(=O)c1cccc(N)c1C. The van der Waals surface area contributed by atoms with Gasteiger partial charge in [-0.1, -0.05) is 19.4 Å². The van der Waals surface area contributed by atoms with Gasteiger partial charge in [0.05, 0.1) is 0 Å². The van der Waals surface area contributed by atoms with Crippen LogP contribution < -0.4 is 11.1 Å². The largest absolute Gasteiger partial charge is 0.398 e. The van der Waals surface area contributed by atoms with Crippen LogP contribution in [0.2, 0.25) is 0 Å². The number of carbonyl (C=O) groups excluding carboxylic acids is 1. The molecule has 0 heterocycles. The van der Waals surface area contributed by atoms with E-state index in [-0.39, 0.29) is 11.4 Å². The van der Waals surface area contributed by atoms with Gasteiger partial charge >= 0.3 is 0 Å². The summed E-state index contributed by atoms with van der Waals surface area (Å²) in [6, 6.07) is 5.43. The number of carbonyl (C=O) groups is 1. The van der Waals surface area contributed by atoms with Crippen LogP contribution in [0.1, 0.15) is 49.5 Å². The molecular formula is C14H22N2O. The molecule has 0 spiro atoms. The van der Waals surface area contributed by atoms with Crippen LogP contribution in [-0.4, -0.2) is 11.4 Å². The summed E-state index contributed by atoms with van der Waals surface area (Å²) in [7, 11) is 0. The van der Waals surface area contributed by atoms with Gasteiger partial charge in [-0.05, 0) is 44.9 Å². The topological polar surface area (TPSA) is 55.1 Å². The van der Waals surface area contributed by atoms with E-state index in [1.54, 1.807) is 0 Å². The highest BCUT2D eigenvalue weighted by atomic mass is 16.1. The van der Waals surface area contributed by atoms with Gasteiger partial charge in [0.2, 0.25) is 0 Å². The molecule has 1 amide bonds. The Bertz CT molecular complexity index is 411. The van der Waals surface area contributed by atoms with Gasteiger partial charge in [-0.15, -0.1) is 0 Å². The third-order valence-corrected chi connectivity index (χ3v) is 2.95. The number of benzene rings is 1. The molecule has 0 aliphatic carbocycles. The van der Waals surface area contributed by atoms with Crippen molar-refractivity contribution in [2.75, 3.05) is 5.73 Å². The lowest BCUT2D eigenvalue weighted by atomic mass is 9.97. The number of rotatable bonds is 4. The molecule has 17 heavy (non-hydrogen) atoms. The fraction of sp³-hybridized carbons (Fsp3) is 0.500. The predicted octanol–water partition coefficient (Wildman–Crippen LogP) is 2.89. The predicted molar refractivity (Wildman–Crippen MR) is 72.0 cm³/mol. The summed E-state index contributed by atoms with van der Waals surface area (Å²) in [4.78, 5) is 12.1. The van der Waals surface area contributed by atoms with Crippen molar-refractivity contribution >= 4 is 11.6 Å². The van der Waals surface area contributed by atoms with Crippen LogP contribution in [-0.2, 0) is 0 Å². The zero-order valence-electron chi connectivity index (χ0n) is 11.1. The maximum atomic E-state index is 12.1. The van der Waals surface area contributed by atoms with E-state index >= 15 is 0 Å². The molecule has 3 nitrogen and oxygen atoms in total. The molecule has 1 aromatic carbocycles. The molecule has 0 fully saturated rings. The second kappa shape index (κ2) is 5.21. The monoisotopic (exact) mass is 234 g/mol. The fourth-order valence-electron chi connectivity index (χ4n) is 1.96. The summed E-state index contributed by atoms with van der Waals surface area (Å²) in [5.74, 6) is -0.0479. The number of nitrogens with one attached hydrogen (secondary N) is 1. The van der Waals surface area contributed by atoms with Gasteiger partial charge in [0, 0.05) is 16.8 Å². The Balaban J connectivity index is 2.87. The van der Waals surface area contributed by atoms with Crippen LogP contribution in [0.3, 0.4) is 0 Å². The molecule has 94 valence electrons. The lowest BCUT2D eigenvalue weighted by Gasteiger charge is -2.26. The first-order valence-corrected chi connectivity index (χ1v) is 6.05. The third kappa shape index (κ3) is 3.48. The minimum Gasteiger partial charge on any atom is -0.398 e. The van der Waals surface area contributed by atoms with E-state index in [9.17, 15) is 4.79 Å². The number of hydrogen-bond donors (Lipinski definition) is 2. The normalized spacial score (nSPS) is 11.3. The molecule has 0 radical (unpaired) electrons. The van der Waals surface area contributed by atoms with Crippen LogP contribution in [0.4, 0.5) is 5.69 Å². The third-order valence-electron chi connectivity index (χ3n) is 2.95. The lowest BCUT2D eigenvalue weighted by molar-refractivity contribution is 0.0908. The Morgan fingerprint density at radius 2 is 2.06 bits per heavy atom. The zero-order chi connectivity index (χ0) is 13.1.